The van der Waals surface area contributed by atoms with E-state index >= 15 is 0 Å². The highest BCUT2D eigenvalue weighted by molar-refractivity contribution is 5.91. The van der Waals surface area contributed by atoms with Gasteiger partial charge in [-0.2, -0.15) is 4.98 Å². The zero-order valence-electron chi connectivity index (χ0n) is 17.9. The molecule has 0 radical (unpaired) electrons. The van der Waals surface area contributed by atoms with Gasteiger partial charge in [0.25, 0.3) is 5.95 Å². The number of anilines is 1. The Hall–Kier alpha value is -2.64. The fraction of sp³-hybridized carbons (Fsp3) is 0.591. The lowest BCUT2D eigenvalue weighted by Crippen LogP contribution is -2.34. The van der Waals surface area contributed by atoms with Crippen LogP contribution in [-0.2, 0) is 11.2 Å². The first-order valence-electron chi connectivity index (χ1n) is 10.5. The van der Waals surface area contributed by atoms with E-state index < -0.39 is 6.17 Å². The summed E-state index contributed by atoms with van der Waals surface area (Å²) in [5, 5.41) is 3.98. The van der Waals surface area contributed by atoms with Gasteiger partial charge in [-0.25, -0.2) is 9.18 Å². The minimum Gasteiger partial charge on any atom is -0.494 e. The number of aryl methyl sites for hydroxylation is 1. The summed E-state index contributed by atoms with van der Waals surface area (Å²) in [7, 11) is 1.38. The standard InChI is InChI=1S/C22H30FN3O4/c1-15-13-18(6-7-19(15)21(27)28-3)29-12-4-5-17-8-10-26(11-9-17)22-24-20(30-25-22)14-16(2)23/h6-7,13,16-17H,4-5,8-12,14H2,1-3H3. The first-order valence-corrected chi connectivity index (χ1v) is 10.5. The van der Waals surface area contributed by atoms with E-state index in [1.807, 2.05) is 13.0 Å². The summed E-state index contributed by atoms with van der Waals surface area (Å²) >= 11 is 0. The van der Waals surface area contributed by atoms with E-state index in [9.17, 15) is 9.18 Å². The Kier molecular flexibility index (Phi) is 7.65. The van der Waals surface area contributed by atoms with Gasteiger partial charge in [-0.3, -0.25) is 0 Å². The van der Waals surface area contributed by atoms with Crippen LogP contribution in [0.25, 0.3) is 0 Å². The number of nitrogens with zero attached hydrogens (tertiary/aromatic N) is 3. The lowest BCUT2D eigenvalue weighted by Gasteiger charge is -2.30. The highest BCUT2D eigenvalue weighted by atomic mass is 19.1. The molecule has 8 heteroatoms. The largest absolute Gasteiger partial charge is 0.494 e. The molecule has 1 aromatic heterocycles. The average Bonchev–Trinajstić information content (AvgIpc) is 3.19. The molecule has 1 aromatic carbocycles. The SMILES string of the molecule is COC(=O)c1ccc(OCCCC2CCN(c3noc(CC(C)F)n3)CC2)cc1C. The maximum absolute atomic E-state index is 13.1. The lowest BCUT2D eigenvalue weighted by molar-refractivity contribution is 0.0600. The maximum atomic E-state index is 13.1. The molecule has 1 saturated heterocycles. The van der Waals surface area contributed by atoms with Crippen LogP contribution in [0.2, 0.25) is 0 Å². The van der Waals surface area contributed by atoms with Crippen molar-refractivity contribution in [3.63, 3.8) is 0 Å². The van der Waals surface area contributed by atoms with Gasteiger partial charge in [0.1, 0.15) is 11.9 Å². The van der Waals surface area contributed by atoms with Gasteiger partial charge in [-0.1, -0.05) is 0 Å². The molecule has 1 atom stereocenters. The van der Waals surface area contributed by atoms with Crippen molar-refractivity contribution in [2.24, 2.45) is 5.92 Å². The fourth-order valence-electron chi connectivity index (χ4n) is 3.75. The topological polar surface area (TPSA) is 77.7 Å². The number of ether oxygens (including phenoxy) is 2. The number of benzene rings is 1. The molecule has 1 aliphatic rings. The van der Waals surface area contributed by atoms with E-state index in [-0.39, 0.29) is 12.4 Å². The maximum Gasteiger partial charge on any atom is 0.338 e. The number of hydrogen-bond acceptors (Lipinski definition) is 7. The molecule has 30 heavy (non-hydrogen) atoms. The van der Waals surface area contributed by atoms with Gasteiger partial charge in [0.2, 0.25) is 5.89 Å². The van der Waals surface area contributed by atoms with Crippen LogP contribution in [0.5, 0.6) is 5.75 Å². The molecule has 0 aliphatic carbocycles. The van der Waals surface area contributed by atoms with Crippen LogP contribution in [0, 0.1) is 12.8 Å². The number of esters is 1. The number of carbonyl (C=O) groups excluding carboxylic acids is 1. The monoisotopic (exact) mass is 419 g/mol. The third-order valence-electron chi connectivity index (χ3n) is 5.44. The molecule has 1 fully saturated rings. The van der Waals surface area contributed by atoms with Crippen molar-refractivity contribution in [3.05, 3.63) is 35.2 Å². The number of methoxy groups -OCH3 is 1. The summed E-state index contributed by atoms with van der Waals surface area (Å²) in [6, 6.07) is 5.41. The van der Waals surface area contributed by atoms with E-state index in [1.54, 1.807) is 12.1 Å². The first-order chi connectivity index (χ1) is 14.5. The Balaban J connectivity index is 1.36. The second kappa shape index (κ2) is 10.4. The number of alkyl halides is 1. The predicted molar refractivity (Wildman–Crippen MR) is 111 cm³/mol. The van der Waals surface area contributed by atoms with Crippen molar-refractivity contribution in [3.8, 4) is 5.75 Å². The molecule has 0 bridgehead atoms. The molecular weight excluding hydrogens is 389 g/mol. The molecule has 0 amide bonds. The highest BCUT2D eigenvalue weighted by Gasteiger charge is 2.23. The van der Waals surface area contributed by atoms with Crippen LogP contribution in [0.4, 0.5) is 10.3 Å². The molecule has 1 aliphatic heterocycles. The van der Waals surface area contributed by atoms with Crippen LogP contribution in [0.1, 0.15) is 54.4 Å². The fourth-order valence-corrected chi connectivity index (χ4v) is 3.75. The van der Waals surface area contributed by atoms with E-state index in [1.165, 1.54) is 14.0 Å². The van der Waals surface area contributed by atoms with Crippen LogP contribution >= 0.6 is 0 Å². The molecule has 164 valence electrons. The van der Waals surface area contributed by atoms with Gasteiger partial charge in [-0.15, -0.1) is 0 Å². The van der Waals surface area contributed by atoms with Crippen molar-refractivity contribution < 1.29 is 23.2 Å². The van der Waals surface area contributed by atoms with E-state index in [0.717, 1.165) is 50.1 Å². The molecule has 1 unspecified atom stereocenters. The highest BCUT2D eigenvalue weighted by Crippen LogP contribution is 2.25. The Morgan fingerprint density at radius 1 is 1.37 bits per heavy atom. The van der Waals surface area contributed by atoms with Gasteiger partial charge in [-0.05, 0) is 74.4 Å². The predicted octanol–water partition coefficient (Wildman–Crippen LogP) is 4.14. The Bertz CT molecular complexity index is 832. The molecule has 2 heterocycles. The third-order valence-corrected chi connectivity index (χ3v) is 5.44. The molecule has 7 nitrogen and oxygen atoms in total. The second-order valence-corrected chi connectivity index (χ2v) is 7.86. The average molecular weight is 419 g/mol. The van der Waals surface area contributed by atoms with Gasteiger partial charge >= 0.3 is 5.97 Å². The van der Waals surface area contributed by atoms with Crippen molar-refractivity contribution in [2.45, 2.75) is 52.1 Å². The number of carbonyl (C=O) groups is 1. The van der Waals surface area contributed by atoms with Crippen LogP contribution < -0.4 is 9.64 Å². The van der Waals surface area contributed by atoms with E-state index in [2.05, 4.69) is 15.0 Å². The van der Waals surface area contributed by atoms with Gasteiger partial charge < -0.3 is 18.9 Å². The zero-order valence-corrected chi connectivity index (χ0v) is 17.9. The summed E-state index contributed by atoms with van der Waals surface area (Å²) < 4.78 is 28.8. The van der Waals surface area contributed by atoms with Crippen LogP contribution in [0.3, 0.4) is 0 Å². The lowest BCUT2D eigenvalue weighted by atomic mass is 9.92. The molecule has 2 aromatic rings. The van der Waals surface area contributed by atoms with Crippen LogP contribution in [-0.4, -0.2) is 49.1 Å². The molecule has 0 saturated carbocycles. The number of piperidine rings is 1. The van der Waals surface area contributed by atoms with Gasteiger partial charge in [0, 0.05) is 13.1 Å². The third kappa shape index (κ3) is 5.93. The van der Waals surface area contributed by atoms with Crippen LogP contribution in [0.15, 0.2) is 22.7 Å². The number of aromatic nitrogens is 2. The molecular formula is C22H30FN3O4. The minimum absolute atomic E-state index is 0.161. The van der Waals surface area contributed by atoms with Crippen molar-refractivity contribution in [2.75, 3.05) is 31.7 Å². The minimum atomic E-state index is -0.985. The number of rotatable bonds is 9. The van der Waals surface area contributed by atoms with Crippen molar-refractivity contribution in [1.29, 1.82) is 0 Å². The summed E-state index contributed by atoms with van der Waals surface area (Å²) in [6.45, 7) is 5.76. The second-order valence-electron chi connectivity index (χ2n) is 7.86. The van der Waals surface area contributed by atoms with Crippen molar-refractivity contribution in [1.82, 2.24) is 10.1 Å². The van der Waals surface area contributed by atoms with Crippen molar-refractivity contribution >= 4 is 11.9 Å². The Morgan fingerprint density at radius 3 is 2.80 bits per heavy atom. The summed E-state index contributed by atoms with van der Waals surface area (Å²) in [5.41, 5.74) is 1.40. The summed E-state index contributed by atoms with van der Waals surface area (Å²) in [4.78, 5) is 18.0. The van der Waals surface area contributed by atoms with Gasteiger partial charge in [0.05, 0.1) is 25.7 Å². The summed E-state index contributed by atoms with van der Waals surface area (Å²) in [6.07, 6.45) is 3.38. The summed E-state index contributed by atoms with van der Waals surface area (Å²) in [5.74, 6) is 2.00. The Labute approximate surface area is 176 Å². The number of halogens is 1. The molecule has 0 spiro atoms. The van der Waals surface area contributed by atoms with Gasteiger partial charge in [0.15, 0.2) is 0 Å². The Morgan fingerprint density at radius 2 is 2.13 bits per heavy atom. The number of hydrogen-bond donors (Lipinski definition) is 0. The van der Waals surface area contributed by atoms with E-state index in [4.69, 9.17) is 14.0 Å². The van der Waals surface area contributed by atoms with E-state index in [0.29, 0.717) is 29.9 Å². The molecule has 0 N–H and O–H groups in total. The quantitative estimate of drug-likeness (QED) is 0.446. The smallest absolute Gasteiger partial charge is 0.338 e. The zero-order chi connectivity index (χ0) is 21.5. The molecule has 3 rings (SSSR count). The normalized spacial score (nSPS) is 15.8. The first kappa shape index (κ1) is 22.1.